The Morgan fingerprint density at radius 3 is 2.42 bits per heavy atom. The minimum Gasteiger partial charge on any atom is -0.0698 e. The van der Waals surface area contributed by atoms with E-state index in [2.05, 4.69) is 13.8 Å². The molecule has 2 rings (SSSR count). The highest BCUT2D eigenvalue weighted by molar-refractivity contribution is 5.41. The van der Waals surface area contributed by atoms with Crippen molar-refractivity contribution in [2.75, 3.05) is 0 Å². The molecule has 0 saturated carbocycles. The van der Waals surface area contributed by atoms with Crippen LogP contribution in [0.1, 0.15) is 52.4 Å². The molecule has 0 radical (unpaired) electrons. The van der Waals surface area contributed by atoms with Gasteiger partial charge in [0.15, 0.2) is 0 Å². The molecule has 66 valence electrons. The second kappa shape index (κ2) is 3.08. The van der Waals surface area contributed by atoms with Gasteiger partial charge in [-0.05, 0) is 63.5 Å². The number of rotatable bonds is 0. The molecule has 0 heteroatoms. The molecule has 0 aromatic heterocycles. The highest BCUT2D eigenvalue weighted by Crippen LogP contribution is 2.38. The first-order valence-electron chi connectivity index (χ1n) is 5.16. The zero-order valence-electron chi connectivity index (χ0n) is 8.24. The van der Waals surface area contributed by atoms with Gasteiger partial charge in [-0.25, -0.2) is 0 Å². The van der Waals surface area contributed by atoms with Crippen LogP contribution >= 0.6 is 0 Å². The molecule has 0 heterocycles. The highest BCUT2D eigenvalue weighted by atomic mass is 14.2. The molecule has 2 aliphatic carbocycles. The van der Waals surface area contributed by atoms with Crippen LogP contribution in [0.2, 0.25) is 0 Å². The van der Waals surface area contributed by atoms with Crippen molar-refractivity contribution in [1.82, 2.24) is 0 Å². The van der Waals surface area contributed by atoms with Crippen molar-refractivity contribution < 1.29 is 0 Å². The largest absolute Gasteiger partial charge is 0.0698 e. The van der Waals surface area contributed by atoms with E-state index < -0.39 is 0 Å². The lowest BCUT2D eigenvalue weighted by molar-refractivity contribution is 0.635. The van der Waals surface area contributed by atoms with Gasteiger partial charge in [-0.15, -0.1) is 0 Å². The minimum absolute atomic E-state index is 1.32. The Balaban J connectivity index is 2.35. The number of allylic oxidation sites excluding steroid dienone is 4. The molecule has 0 fully saturated rings. The monoisotopic (exact) mass is 162 g/mol. The van der Waals surface area contributed by atoms with Crippen LogP contribution in [0.25, 0.3) is 0 Å². The summed E-state index contributed by atoms with van der Waals surface area (Å²) in [5.74, 6) is 0. The van der Waals surface area contributed by atoms with E-state index >= 15 is 0 Å². The fourth-order valence-corrected chi connectivity index (χ4v) is 2.48. The summed E-state index contributed by atoms with van der Waals surface area (Å²) in [7, 11) is 0. The van der Waals surface area contributed by atoms with Gasteiger partial charge >= 0.3 is 0 Å². The second-order valence-corrected chi connectivity index (χ2v) is 4.19. The third kappa shape index (κ3) is 1.24. The zero-order chi connectivity index (χ0) is 8.55. The van der Waals surface area contributed by atoms with Gasteiger partial charge in [-0.1, -0.05) is 11.1 Å². The zero-order valence-corrected chi connectivity index (χ0v) is 8.24. The topological polar surface area (TPSA) is 0 Å². The van der Waals surface area contributed by atoms with Crippen LogP contribution in [-0.4, -0.2) is 0 Å². The lowest BCUT2D eigenvalue weighted by atomic mass is 9.79. The normalized spacial score (nSPS) is 24.5. The summed E-state index contributed by atoms with van der Waals surface area (Å²) in [6.07, 6.45) is 8.29. The summed E-state index contributed by atoms with van der Waals surface area (Å²) in [5, 5.41) is 0. The Morgan fingerprint density at radius 1 is 0.833 bits per heavy atom. The molecule has 0 amide bonds. The first-order chi connectivity index (χ1) is 5.79. The van der Waals surface area contributed by atoms with Crippen LogP contribution in [0.3, 0.4) is 0 Å². The van der Waals surface area contributed by atoms with E-state index in [9.17, 15) is 0 Å². The standard InChI is InChI=1S/C12H18/c1-9-7-8-11-5-3-4-6-12(11)10(9)2/h3-8H2,1-2H3. The van der Waals surface area contributed by atoms with Crippen LogP contribution in [0.15, 0.2) is 22.3 Å². The van der Waals surface area contributed by atoms with E-state index in [-0.39, 0.29) is 0 Å². The number of hydrogen-bond donors (Lipinski definition) is 0. The lowest BCUT2D eigenvalue weighted by Crippen LogP contribution is -2.07. The summed E-state index contributed by atoms with van der Waals surface area (Å²) < 4.78 is 0. The van der Waals surface area contributed by atoms with Gasteiger partial charge in [0, 0.05) is 0 Å². The molecule has 0 spiro atoms. The predicted octanol–water partition coefficient (Wildman–Crippen LogP) is 3.99. The van der Waals surface area contributed by atoms with Crippen LogP contribution < -0.4 is 0 Å². The minimum atomic E-state index is 1.32. The van der Waals surface area contributed by atoms with Crippen molar-refractivity contribution in [2.24, 2.45) is 0 Å². The third-order valence-electron chi connectivity index (χ3n) is 3.48. The second-order valence-electron chi connectivity index (χ2n) is 4.19. The van der Waals surface area contributed by atoms with Crippen LogP contribution in [-0.2, 0) is 0 Å². The summed E-state index contributed by atoms with van der Waals surface area (Å²) in [4.78, 5) is 0. The van der Waals surface area contributed by atoms with Gasteiger partial charge < -0.3 is 0 Å². The van der Waals surface area contributed by atoms with Crippen molar-refractivity contribution in [3.05, 3.63) is 22.3 Å². The van der Waals surface area contributed by atoms with Gasteiger partial charge in [-0.3, -0.25) is 0 Å². The Morgan fingerprint density at radius 2 is 1.58 bits per heavy atom. The third-order valence-corrected chi connectivity index (χ3v) is 3.48. The maximum atomic E-state index is 2.31. The van der Waals surface area contributed by atoms with Gasteiger partial charge in [0.25, 0.3) is 0 Å². The van der Waals surface area contributed by atoms with E-state index in [0.29, 0.717) is 0 Å². The Bertz CT molecular complexity index is 253. The van der Waals surface area contributed by atoms with Crippen molar-refractivity contribution in [3.8, 4) is 0 Å². The van der Waals surface area contributed by atoms with Gasteiger partial charge in [0.2, 0.25) is 0 Å². The molecular formula is C12H18. The van der Waals surface area contributed by atoms with Gasteiger partial charge in [0.1, 0.15) is 0 Å². The van der Waals surface area contributed by atoms with Crippen molar-refractivity contribution in [3.63, 3.8) is 0 Å². The Kier molecular flexibility index (Phi) is 2.08. The van der Waals surface area contributed by atoms with E-state index in [0.717, 1.165) is 0 Å². The van der Waals surface area contributed by atoms with E-state index in [1.165, 1.54) is 38.5 Å². The van der Waals surface area contributed by atoms with Crippen LogP contribution in [0, 0.1) is 0 Å². The highest BCUT2D eigenvalue weighted by Gasteiger charge is 2.18. The lowest BCUT2D eigenvalue weighted by Gasteiger charge is -2.26. The molecule has 0 aliphatic heterocycles. The smallest absolute Gasteiger partial charge is 0.0277 e. The molecule has 2 aliphatic rings. The van der Waals surface area contributed by atoms with E-state index in [1.54, 1.807) is 22.3 Å². The van der Waals surface area contributed by atoms with Gasteiger partial charge in [0.05, 0.1) is 0 Å². The molecule has 0 aromatic rings. The van der Waals surface area contributed by atoms with Crippen molar-refractivity contribution in [1.29, 1.82) is 0 Å². The van der Waals surface area contributed by atoms with Crippen LogP contribution in [0.4, 0.5) is 0 Å². The molecule has 0 bridgehead atoms. The first-order valence-corrected chi connectivity index (χ1v) is 5.16. The fraction of sp³-hybridized carbons (Fsp3) is 0.667. The maximum Gasteiger partial charge on any atom is -0.0277 e. The average molecular weight is 162 g/mol. The SMILES string of the molecule is CC1=C(C)C2=C(CCCC2)CC1. The summed E-state index contributed by atoms with van der Waals surface area (Å²) in [6, 6.07) is 0. The van der Waals surface area contributed by atoms with Crippen molar-refractivity contribution >= 4 is 0 Å². The molecule has 0 N–H and O–H groups in total. The molecule has 0 aromatic carbocycles. The number of hydrogen-bond acceptors (Lipinski definition) is 0. The van der Waals surface area contributed by atoms with Crippen LogP contribution in [0.5, 0.6) is 0 Å². The summed E-state index contributed by atoms with van der Waals surface area (Å²) in [6.45, 7) is 4.61. The maximum absolute atomic E-state index is 2.31. The molecular weight excluding hydrogens is 144 g/mol. The van der Waals surface area contributed by atoms with E-state index in [4.69, 9.17) is 0 Å². The predicted molar refractivity (Wildman–Crippen MR) is 53.1 cm³/mol. The first kappa shape index (κ1) is 8.10. The molecule has 0 atom stereocenters. The van der Waals surface area contributed by atoms with Gasteiger partial charge in [-0.2, -0.15) is 0 Å². The molecule has 0 saturated heterocycles. The molecule has 0 nitrogen and oxygen atoms in total. The van der Waals surface area contributed by atoms with E-state index in [1.807, 2.05) is 0 Å². The summed E-state index contributed by atoms with van der Waals surface area (Å²) >= 11 is 0. The Hall–Kier alpha value is -0.520. The Labute approximate surface area is 75.4 Å². The summed E-state index contributed by atoms with van der Waals surface area (Å²) in [5.41, 5.74) is 6.76. The quantitative estimate of drug-likeness (QED) is 0.505. The average Bonchev–Trinajstić information content (AvgIpc) is 2.12. The molecule has 12 heavy (non-hydrogen) atoms. The fourth-order valence-electron chi connectivity index (χ4n) is 2.48. The molecule has 0 unspecified atom stereocenters. The van der Waals surface area contributed by atoms with Crippen molar-refractivity contribution in [2.45, 2.75) is 52.4 Å².